The highest BCUT2D eigenvalue weighted by atomic mass is 35.5. The Labute approximate surface area is 149 Å². The summed E-state index contributed by atoms with van der Waals surface area (Å²) in [5, 5.41) is 33.9. The second kappa shape index (κ2) is 8.59. The van der Waals surface area contributed by atoms with Crippen molar-refractivity contribution in [2.24, 2.45) is 0 Å². The number of carbonyl (C=O) groups excluding carboxylic acids is 1. The lowest BCUT2D eigenvalue weighted by molar-refractivity contribution is -0.384. The molecule has 0 saturated heterocycles. The van der Waals surface area contributed by atoms with Crippen molar-refractivity contribution in [3.05, 3.63) is 39.9 Å². The van der Waals surface area contributed by atoms with Gasteiger partial charge in [0.15, 0.2) is 4.84 Å². The predicted octanol–water partition coefficient (Wildman–Crippen LogP) is 1.80. The summed E-state index contributed by atoms with van der Waals surface area (Å²) in [5.74, 6) is -0.640. The van der Waals surface area contributed by atoms with Crippen molar-refractivity contribution in [3.63, 3.8) is 0 Å². The number of aliphatic hydroxyl groups excluding tert-OH is 1. The SMILES string of the molecule is CC(C)(c1ccc([N+](=O)[O-])cc1)N(O)C(CO)CNC(=O)C(Cl)Cl. The topological polar surface area (TPSA) is 116 Å². The zero-order valence-corrected chi connectivity index (χ0v) is 14.7. The van der Waals surface area contributed by atoms with Crippen molar-refractivity contribution >= 4 is 34.8 Å². The molecule has 0 saturated carbocycles. The Morgan fingerprint density at radius 1 is 1.38 bits per heavy atom. The van der Waals surface area contributed by atoms with E-state index in [2.05, 4.69) is 5.32 Å². The molecule has 0 radical (unpaired) electrons. The molecule has 1 aromatic carbocycles. The van der Waals surface area contributed by atoms with E-state index in [1.54, 1.807) is 13.8 Å². The Kier molecular flexibility index (Phi) is 7.37. The first-order valence-corrected chi connectivity index (χ1v) is 7.88. The average Bonchev–Trinajstić information content (AvgIpc) is 2.54. The van der Waals surface area contributed by atoms with E-state index in [4.69, 9.17) is 23.2 Å². The highest BCUT2D eigenvalue weighted by Crippen LogP contribution is 2.29. The fraction of sp³-hybridized carbons (Fsp3) is 0.500. The van der Waals surface area contributed by atoms with Crippen LogP contribution in [0.4, 0.5) is 5.69 Å². The van der Waals surface area contributed by atoms with Crippen LogP contribution in [-0.2, 0) is 10.3 Å². The Hall–Kier alpha value is -1.45. The summed E-state index contributed by atoms with van der Waals surface area (Å²) in [5.41, 5.74) is -0.456. The van der Waals surface area contributed by atoms with Crippen molar-refractivity contribution in [3.8, 4) is 0 Å². The lowest BCUT2D eigenvalue weighted by Gasteiger charge is -2.38. The van der Waals surface area contributed by atoms with Gasteiger partial charge in [-0.25, -0.2) is 0 Å². The molecule has 8 nitrogen and oxygen atoms in total. The van der Waals surface area contributed by atoms with Gasteiger partial charge in [0.05, 0.1) is 23.1 Å². The van der Waals surface area contributed by atoms with Crippen LogP contribution in [0, 0.1) is 10.1 Å². The molecule has 10 heteroatoms. The van der Waals surface area contributed by atoms with E-state index in [-0.39, 0.29) is 12.2 Å². The lowest BCUT2D eigenvalue weighted by atomic mass is 9.92. The van der Waals surface area contributed by atoms with Crippen molar-refractivity contribution < 1.29 is 20.0 Å². The number of nitro benzene ring substituents is 1. The van der Waals surface area contributed by atoms with Gasteiger partial charge in [0, 0.05) is 18.7 Å². The molecule has 1 rings (SSSR count). The number of halogens is 2. The Morgan fingerprint density at radius 3 is 2.33 bits per heavy atom. The monoisotopic (exact) mass is 379 g/mol. The highest BCUT2D eigenvalue weighted by molar-refractivity contribution is 6.53. The van der Waals surface area contributed by atoms with E-state index in [0.717, 1.165) is 5.06 Å². The summed E-state index contributed by atoms with van der Waals surface area (Å²) in [6.07, 6.45) is 0. The van der Waals surface area contributed by atoms with Crippen molar-refractivity contribution in [1.82, 2.24) is 10.4 Å². The second-order valence-electron chi connectivity index (χ2n) is 5.59. The fourth-order valence-corrected chi connectivity index (χ4v) is 2.26. The van der Waals surface area contributed by atoms with Crippen molar-refractivity contribution in [1.29, 1.82) is 0 Å². The molecule has 3 N–H and O–H groups in total. The minimum atomic E-state index is -1.25. The van der Waals surface area contributed by atoms with Gasteiger partial charge in [0.1, 0.15) is 0 Å². The first kappa shape index (κ1) is 20.6. The molecule has 1 atom stereocenters. The van der Waals surface area contributed by atoms with Crippen molar-refractivity contribution in [2.75, 3.05) is 13.2 Å². The third-order valence-electron chi connectivity index (χ3n) is 3.62. The van der Waals surface area contributed by atoms with E-state index < -0.39 is 33.9 Å². The molecule has 0 fully saturated rings. The number of benzene rings is 1. The Bertz CT molecular complexity index is 580. The van der Waals surface area contributed by atoms with Crippen LogP contribution in [0.25, 0.3) is 0 Å². The number of aliphatic hydroxyl groups is 1. The summed E-state index contributed by atoms with van der Waals surface area (Å²) in [6.45, 7) is 2.82. The van der Waals surface area contributed by atoms with Gasteiger partial charge in [-0.05, 0) is 19.4 Å². The molecule has 0 spiro atoms. The molecule has 1 aromatic rings. The molecule has 24 heavy (non-hydrogen) atoms. The van der Waals surface area contributed by atoms with Gasteiger partial charge in [-0.1, -0.05) is 35.3 Å². The zero-order valence-electron chi connectivity index (χ0n) is 13.1. The van der Waals surface area contributed by atoms with Crippen LogP contribution < -0.4 is 5.32 Å². The number of hydrogen-bond donors (Lipinski definition) is 3. The molecule has 1 amide bonds. The van der Waals surface area contributed by atoms with E-state index in [9.17, 15) is 25.2 Å². The second-order valence-corrected chi connectivity index (χ2v) is 6.69. The maximum absolute atomic E-state index is 11.4. The molecule has 1 unspecified atom stereocenters. The van der Waals surface area contributed by atoms with Crippen LogP contribution in [-0.4, -0.2) is 50.2 Å². The number of hydroxylamine groups is 2. The molecule has 0 aliphatic carbocycles. The molecular formula is C14H19Cl2N3O5. The van der Waals surface area contributed by atoms with Gasteiger partial charge >= 0.3 is 0 Å². The first-order valence-electron chi connectivity index (χ1n) is 7.01. The normalized spacial score (nSPS) is 13.2. The van der Waals surface area contributed by atoms with Gasteiger partial charge in [-0.3, -0.25) is 14.9 Å². The molecule has 0 aliphatic heterocycles. The number of non-ortho nitro benzene ring substituents is 1. The molecule has 0 bridgehead atoms. The predicted molar refractivity (Wildman–Crippen MR) is 89.1 cm³/mol. The molecule has 0 heterocycles. The Balaban J connectivity index is 2.89. The number of nitrogens with one attached hydrogen (secondary N) is 1. The quantitative estimate of drug-likeness (QED) is 0.360. The number of nitro groups is 1. The summed E-state index contributed by atoms with van der Waals surface area (Å²) < 4.78 is 0. The minimum Gasteiger partial charge on any atom is -0.395 e. The van der Waals surface area contributed by atoms with E-state index in [0.29, 0.717) is 5.56 Å². The van der Waals surface area contributed by atoms with E-state index >= 15 is 0 Å². The Morgan fingerprint density at radius 2 is 1.92 bits per heavy atom. The number of alkyl halides is 2. The third kappa shape index (κ3) is 5.02. The van der Waals surface area contributed by atoms with Gasteiger partial charge in [0.25, 0.3) is 11.6 Å². The maximum Gasteiger partial charge on any atom is 0.269 e. The van der Waals surface area contributed by atoms with Gasteiger partial charge in [-0.15, -0.1) is 0 Å². The van der Waals surface area contributed by atoms with Crippen LogP contribution in [0.15, 0.2) is 24.3 Å². The number of amides is 1. The lowest BCUT2D eigenvalue weighted by Crippen LogP contribution is -2.52. The van der Waals surface area contributed by atoms with Crippen LogP contribution in [0.5, 0.6) is 0 Å². The largest absolute Gasteiger partial charge is 0.395 e. The number of rotatable bonds is 8. The van der Waals surface area contributed by atoms with Crippen LogP contribution in [0.2, 0.25) is 0 Å². The smallest absolute Gasteiger partial charge is 0.269 e. The third-order valence-corrected chi connectivity index (χ3v) is 4.02. The maximum atomic E-state index is 11.4. The van der Waals surface area contributed by atoms with Crippen LogP contribution in [0.1, 0.15) is 19.4 Å². The number of hydrogen-bond acceptors (Lipinski definition) is 6. The molecule has 0 aromatic heterocycles. The minimum absolute atomic E-state index is 0.0692. The number of carbonyl (C=O) groups is 1. The van der Waals surface area contributed by atoms with E-state index in [1.165, 1.54) is 24.3 Å². The number of nitrogens with zero attached hydrogens (tertiary/aromatic N) is 2. The first-order chi connectivity index (χ1) is 11.1. The molecule has 0 aliphatic rings. The zero-order chi connectivity index (χ0) is 18.5. The fourth-order valence-electron chi connectivity index (χ4n) is 2.10. The van der Waals surface area contributed by atoms with Crippen LogP contribution in [0.3, 0.4) is 0 Å². The average molecular weight is 380 g/mol. The summed E-state index contributed by atoms with van der Waals surface area (Å²) >= 11 is 10.8. The highest BCUT2D eigenvalue weighted by Gasteiger charge is 2.33. The van der Waals surface area contributed by atoms with E-state index in [1.807, 2.05) is 0 Å². The van der Waals surface area contributed by atoms with Crippen molar-refractivity contribution in [2.45, 2.75) is 30.3 Å². The molecular weight excluding hydrogens is 361 g/mol. The summed E-state index contributed by atoms with van der Waals surface area (Å²) in [6, 6.07) is 4.86. The van der Waals surface area contributed by atoms with Gasteiger partial charge in [0.2, 0.25) is 0 Å². The van der Waals surface area contributed by atoms with Gasteiger partial charge < -0.3 is 15.6 Å². The van der Waals surface area contributed by atoms with Crippen LogP contribution >= 0.6 is 23.2 Å². The standard InChI is InChI=1S/C14H19Cl2N3O5/c1-14(2,9-3-5-10(6-4-9)19(23)24)18(22)11(8-20)7-17-13(21)12(15)16/h3-6,11-12,20,22H,7-8H2,1-2H3,(H,17,21). The summed E-state index contributed by atoms with van der Waals surface area (Å²) in [4.78, 5) is 20.3. The summed E-state index contributed by atoms with van der Waals surface area (Å²) in [7, 11) is 0. The van der Waals surface area contributed by atoms with Gasteiger partial charge in [-0.2, -0.15) is 5.06 Å². The molecule has 134 valence electrons.